The van der Waals surface area contributed by atoms with Gasteiger partial charge < -0.3 is 33.1 Å². The molecule has 0 aliphatic carbocycles. The number of rotatable bonds is 16. The van der Waals surface area contributed by atoms with Crippen LogP contribution in [0.15, 0.2) is 128 Å². The molecule has 0 aliphatic rings. The molecule has 6 rings (SSSR count). The molecule has 9 nitrogen and oxygen atoms in total. The molecule has 2 heterocycles. The van der Waals surface area contributed by atoms with E-state index in [1.165, 1.54) is 12.1 Å². The van der Waals surface area contributed by atoms with Crippen molar-refractivity contribution in [1.29, 1.82) is 0 Å². The predicted octanol–water partition coefficient (Wildman–Crippen LogP) is 6.31. The molecule has 9 heteroatoms. The molecule has 0 fully saturated rings. The molecule has 0 atom stereocenters. The average molecular weight is 634 g/mol. The summed E-state index contributed by atoms with van der Waals surface area (Å²) in [5.74, 6) is 2.47. The topological polar surface area (TPSA) is 109 Å². The summed E-state index contributed by atoms with van der Waals surface area (Å²) in [5, 5.41) is 4.42. The van der Waals surface area contributed by atoms with E-state index in [2.05, 4.69) is 5.32 Å². The summed E-state index contributed by atoms with van der Waals surface area (Å²) < 4.78 is 34.6. The first kappa shape index (κ1) is 31.7. The van der Waals surface area contributed by atoms with Crippen LogP contribution in [0.3, 0.4) is 0 Å². The average Bonchev–Trinajstić information content (AvgIpc) is 3.11. The van der Waals surface area contributed by atoms with Crippen molar-refractivity contribution >= 4 is 21.9 Å². The zero-order valence-corrected chi connectivity index (χ0v) is 25.8. The molecular weight excluding hydrogens is 598 g/mol. The molecular formula is C38H35NO8. The number of hydrogen-bond acceptors (Lipinski definition) is 9. The van der Waals surface area contributed by atoms with Crippen molar-refractivity contribution in [3.63, 3.8) is 0 Å². The van der Waals surface area contributed by atoms with Gasteiger partial charge in [-0.2, -0.15) is 0 Å². The summed E-state index contributed by atoms with van der Waals surface area (Å²) in [6.07, 6.45) is 0. The molecule has 0 bridgehead atoms. The van der Waals surface area contributed by atoms with Gasteiger partial charge in [-0.05, 0) is 72.8 Å². The van der Waals surface area contributed by atoms with Crippen LogP contribution in [0, 0.1) is 0 Å². The van der Waals surface area contributed by atoms with Crippen LogP contribution >= 0.6 is 0 Å². The van der Waals surface area contributed by atoms with Gasteiger partial charge in [-0.15, -0.1) is 0 Å². The fourth-order valence-corrected chi connectivity index (χ4v) is 4.98. The third-order valence-electron chi connectivity index (χ3n) is 7.39. The molecule has 2 aromatic heterocycles. The Morgan fingerprint density at radius 1 is 0.489 bits per heavy atom. The van der Waals surface area contributed by atoms with Crippen molar-refractivity contribution in [2.45, 2.75) is 0 Å². The van der Waals surface area contributed by atoms with Gasteiger partial charge in [0.25, 0.3) is 0 Å². The number of benzene rings is 4. The Bertz CT molecular complexity index is 1870. The first-order valence-electron chi connectivity index (χ1n) is 15.5. The van der Waals surface area contributed by atoms with Gasteiger partial charge in [0.1, 0.15) is 47.4 Å². The van der Waals surface area contributed by atoms with Crippen molar-refractivity contribution in [3.8, 4) is 34.1 Å². The molecule has 240 valence electrons. The Balaban J connectivity index is 0.793. The second-order valence-electron chi connectivity index (χ2n) is 10.7. The highest BCUT2D eigenvalue weighted by Crippen LogP contribution is 2.25. The fourth-order valence-electron chi connectivity index (χ4n) is 4.98. The second-order valence-corrected chi connectivity index (χ2v) is 10.7. The second kappa shape index (κ2) is 15.9. The smallest absolute Gasteiger partial charge is 0.193 e. The van der Waals surface area contributed by atoms with Gasteiger partial charge >= 0.3 is 0 Å². The lowest BCUT2D eigenvalue weighted by Crippen LogP contribution is -2.25. The lowest BCUT2D eigenvalue weighted by Gasteiger charge is -2.10. The molecule has 0 radical (unpaired) electrons. The van der Waals surface area contributed by atoms with Crippen molar-refractivity contribution in [2.75, 3.05) is 52.7 Å². The largest absolute Gasteiger partial charge is 0.491 e. The van der Waals surface area contributed by atoms with E-state index >= 15 is 0 Å². The Labute approximate surface area is 271 Å². The molecule has 1 N–H and O–H groups in total. The number of fused-ring (bicyclic) bond motifs is 2. The van der Waals surface area contributed by atoms with E-state index in [1.54, 1.807) is 24.3 Å². The highest BCUT2D eigenvalue weighted by atomic mass is 16.5. The molecule has 47 heavy (non-hydrogen) atoms. The normalized spacial score (nSPS) is 11.2. The molecule has 0 unspecified atom stereocenters. The van der Waals surface area contributed by atoms with E-state index in [1.807, 2.05) is 72.8 Å². The van der Waals surface area contributed by atoms with Gasteiger partial charge in [-0.25, -0.2) is 0 Å². The minimum absolute atomic E-state index is 0.0668. The molecule has 0 amide bonds. The van der Waals surface area contributed by atoms with Gasteiger partial charge in [0.2, 0.25) is 0 Å². The first-order valence-corrected chi connectivity index (χ1v) is 15.5. The molecule has 0 spiro atoms. The Morgan fingerprint density at radius 2 is 0.915 bits per heavy atom. The zero-order valence-electron chi connectivity index (χ0n) is 25.8. The van der Waals surface area contributed by atoms with Crippen molar-refractivity contribution < 1.29 is 27.8 Å². The van der Waals surface area contributed by atoms with Crippen LogP contribution < -0.4 is 25.6 Å². The maximum Gasteiger partial charge on any atom is 0.193 e. The Hall–Kier alpha value is -5.22. The number of hydrogen-bond donors (Lipinski definition) is 1. The molecule has 0 saturated heterocycles. The van der Waals surface area contributed by atoms with Gasteiger partial charge in [0.05, 0.1) is 37.2 Å². The predicted molar refractivity (Wildman–Crippen MR) is 181 cm³/mol. The monoisotopic (exact) mass is 633 g/mol. The van der Waals surface area contributed by atoms with Crippen LogP contribution in [0.4, 0.5) is 0 Å². The minimum Gasteiger partial charge on any atom is -0.491 e. The van der Waals surface area contributed by atoms with Crippen LogP contribution in [0.5, 0.6) is 11.5 Å². The summed E-state index contributed by atoms with van der Waals surface area (Å²) >= 11 is 0. The quantitative estimate of drug-likeness (QED) is 0.123. The van der Waals surface area contributed by atoms with E-state index in [0.717, 1.165) is 11.1 Å². The SMILES string of the molecule is O=c1cc(-c2ccc(OCCOCCNCCOCCOc3ccc(-c4cc(=O)c5ccccc5o4)cc3)cc2)oc2ccccc12. The van der Waals surface area contributed by atoms with Crippen LogP contribution in [0.1, 0.15) is 0 Å². The lowest BCUT2D eigenvalue weighted by atomic mass is 10.1. The van der Waals surface area contributed by atoms with E-state index in [-0.39, 0.29) is 10.9 Å². The summed E-state index contributed by atoms with van der Waals surface area (Å²) in [6, 6.07) is 32.3. The standard InChI is InChI=1S/C38H35NO8/c40-33-25-37(46-35-7-3-1-5-31(33)35)27-9-13-29(14-10-27)44-23-21-42-19-17-39-18-20-43-22-24-45-30-15-11-28(12-16-30)38-26-34(41)32-6-2-4-8-36(32)47-38/h1-16,25-26,39H,17-24H2. The third kappa shape index (κ3) is 8.53. The van der Waals surface area contributed by atoms with Gasteiger partial charge in [0, 0.05) is 36.3 Å². The summed E-state index contributed by atoms with van der Waals surface area (Å²) in [7, 11) is 0. The van der Waals surface area contributed by atoms with Crippen LogP contribution in [0.2, 0.25) is 0 Å². The molecule has 0 saturated carbocycles. The summed E-state index contributed by atoms with van der Waals surface area (Å²) in [4.78, 5) is 24.7. The maximum absolute atomic E-state index is 12.4. The first-order chi connectivity index (χ1) is 23.1. The third-order valence-corrected chi connectivity index (χ3v) is 7.39. The van der Waals surface area contributed by atoms with Crippen LogP contribution in [-0.2, 0) is 9.47 Å². The highest BCUT2D eigenvalue weighted by Gasteiger charge is 2.08. The number of para-hydroxylation sites is 2. The number of ether oxygens (including phenoxy) is 4. The van der Waals surface area contributed by atoms with E-state index in [0.29, 0.717) is 97.7 Å². The molecule has 0 aliphatic heterocycles. The van der Waals surface area contributed by atoms with E-state index < -0.39 is 0 Å². The van der Waals surface area contributed by atoms with Crippen LogP contribution in [-0.4, -0.2) is 52.7 Å². The summed E-state index contributed by atoms with van der Waals surface area (Å²) in [5.41, 5.74) is 2.61. The minimum atomic E-state index is -0.0668. The maximum atomic E-state index is 12.4. The lowest BCUT2D eigenvalue weighted by molar-refractivity contribution is 0.0906. The van der Waals surface area contributed by atoms with E-state index in [4.69, 9.17) is 27.8 Å². The van der Waals surface area contributed by atoms with Gasteiger partial charge in [-0.3, -0.25) is 9.59 Å². The van der Waals surface area contributed by atoms with Crippen molar-refractivity contribution in [3.05, 3.63) is 130 Å². The Morgan fingerprint density at radius 3 is 1.36 bits per heavy atom. The Kier molecular flexibility index (Phi) is 10.7. The molecule has 6 aromatic rings. The fraction of sp³-hybridized carbons (Fsp3) is 0.211. The highest BCUT2D eigenvalue weighted by molar-refractivity contribution is 5.79. The molecule has 4 aromatic carbocycles. The van der Waals surface area contributed by atoms with Gasteiger partial charge in [0.15, 0.2) is 10.9 Å². The van der Waals surface area contributed by atoms with Gasteiger partial charge in [-0.1, -0.05) is 24.3 Å². The zero-order chi connectivity index (χ0) is 32.3. The van der Waals surface area contributed by atoms with Crippen molar-refractivity contribution in [2.24, 2.45) is 0 Å². The summed E-state index contributed by atoms with van der Waals surface area (Å²) in [6.45, 7) is 4.32. The van der Waals surface area contributed by atoms with E-state index in [9.17, 15) is 9.59 Å². The number of nitrogens with one attached hydrogen (secondary N) is 1. The van der Waals surface area contributed by atoms with Crippen molar-refractivity contribution in [1.82, 2.24) is 5.32 Å². The van der Waals surface area contributed by atoms with Crippen LogP contribution in [0.25, 0.3) is 44.6 Å².